The number of pyridine rings is 1. The highest BCUT2D eigenvalue weighted by Gasteiger charge is 2.49. The van der Waals surface area contributed by atoms with Gasteiger partial charge in [0.1, 0.15) is 11.6 Å². The van der Waals surface area contributed by atoms with Gasteiger partial charge in [0, 0.05) is 50.9 Å². The lowest BCUT2D eigenvalue weighted by Gasteiger charge is -2.46. The quantitative estimate of drug-likeness (QED) is 0.761. The predicted molar refractivity (Wildman–Crippen MR) is 123 cm³/mol. The highest BCUT2D eigenvalue weighted by atomic mass is 16.5. The van der Waals surface area contributed by atoms with E-state index in [1.807, 2.05) is 31.4 Å². The summed E-state index contributed by atoms with van der Waals surface area (Å²) in [6.07, 6.45) is 6.66. The Morgan fingerprint density at radius 2 is 2.00 bits per heavy atom. The standard InChI is InChI=1S/C25H34N4O2/c1-25-14-16-28(18-20-7-6-15-27-24(20)26-2)22(25)8-4-5-9-23(30)29(25)17-19-10-12-21(31-3)13-11-19/h6-7,10-13,15,22H,4-5,8-9,14,16-18H2,1-3H3,(H,26,27)/t22-,25-/m1/s1. The monoisotopic (exact) mass is 422 g/mol. The number of ether oxygens (including phenoxy) is 1. The van der Waals surface area contributed by atoms with Crippen molar-refractivity contribution in [1.82, 2.24) is 14.8 Å². The molecule has 1 aromatic carbocycles. The van der Waals surface area contributed by atoms with Crippen molar-refractivity contribution in [2.45, 2.75) is 63.7 Å². The van der Waals surface area contributed by atoms with E-state index in [9.17, 15) is 4.79 Å². The number of carbonyl (C=O) groups excluding carboxylic acids is 1. The number of likely N-dealkylation sites (tertiary alicyclic amines) is 2. The first kappa shape index (κ1) is 21.6. The molecule has 6 nitrogen and oxygen atoms in total. The smallest absolute Gasteiger partial charge is 0.223 e. The molecule has 6 heteroatoms. The highest BCUT2D eigenvalue weighted by molar-refractivity contribution is 5.77. The summed E-state index contributed by atoms with van der Waals surface area (Å²) in [5.74, 6) is 2.06. The van der Waals surface area contributed by atoms with Crippen LogP contribution in [0.3, 0.4) is 0 Å². The van der Waals surface area contributed by atoms with Crippen molar-refractivity contribution in [1.29, 1.82) is 0 Å². The summed E-state index contributed by atoms with van der Waals surface area (Å²) in [5.41, 5.74) is 2.20. The number of carbonyl (C=O) groups is 1. The van der Waals surface area contributed by atoms with Gasteiger partial charge in [0.05, 0.1) is 12.6 Å². The summed E-state index contributed by atoms with van der Waals surface area (Å²) in [5, 5.41) is 3.22. The fourth-order valence-corrected chi connectivity index (χ4v) is 5.31. The summed E-state index contributed by atoms with van der Waals surface area (Å²) < 4.78 is 5.30. The van der Waals surface area contributed by atoms with Crippen LogP contribution < -0.4 is 10.1 Å². The average Bonchev–Trinajstić information content (AvgIpc) is 3.10. The number of methoxy groups -OCH3 is 1. The number of hydrogen-bond acceptors (Lipinski definition) is 5. The van der Waals surface area contributed by atoms with E-state index in [4.69, 9.17) is 4.74 Å². The first-order valence-corrected chi connectivity index (χ1v) is 11.3. The zero-order chi connectivity index (χ0) is 21.8. The van der Waals surface area contributed by atoms with Gasteiger partial charge < -0.3 is 15.0 Å². The summed E-state index contributed by atoms with van der Waals surface area (Å²) in [6.45, 7) is 4.80. The number of hydrogen-bond donors (Lipinski definition) is 1. The molecule has 0 saturated carbocycles. The molecule has 2 aromatic rings. The van der Waals surface area contributed by atoms with Gasteiger partial charge in [-0.15, -0.1) is 0 Å². The van der Waals surface area contributed by atoms with E-state index in [1.165, 1.54) is 5.56 Å². The van der Waals surface area contributed by atoms with Gasteiger partial charge in [-0.05, 0) is 49.9 Å². The Hall–Kier alpha value is -2.60. The Kier molecular flexibility index (Phi) is 6.46. The molecule has 1 amide bonds. The van der Waals surface area contributed by atoms with Crippen molar-refractivity contribution in [2.75, 3.05) is 26.0 Å². The van der Waals surface area contributed by atoms with Gasteiger partial charge in [-0.2, -0.15) is 0 Å². The predicted octanol–water partition coefficient (Wildman–Crippen LogP) is 4.07. The van der Waals surface area contributed by atoms with E-state index in [0.717, 1.165) is 55.9 Å². The second-order valence-corrected chi connectivity index (χ2v) is 8.93. The van der Waals surface area contributed by atoms with E-state index in [1.54, 1.807) is 7.11 Å². The molecule has 2 fully saturated rings. The van der Waals surface area contributed by atoms with Crippen LogP contribution in [0.2, 0.25) is 0 Å². The van der Waals surface area contributed by atoms with Crippen LogP contribution in [0.1, 0.15) is 50.2 Å². The molecule has 0 radical (unpaired) electrons. The zero-order valence-electron chi connectivity index (χ0n) is 18.9. The van der Waals surface area contributed by atoms with Crippen molar-refractivity contribution in [3.63, 3.8) is 0 Å². The zero-order valence-corrected chi connectivity index (χ0v) is 18.9. The molecule has 0 unspecified atom stereocenters. The van der Waals surface area contributed by atoms with Crippen molar-refractivity contribution in [2.24, 2.45) is 0 Å². The number of nitrogens with one attached hydrogen (secondary N) is 1. The third kappa shape index (κ3) is 4.40. The Balaban J connectivity index is 1.59. The number of nitrogens with zero attached hydrogens (tertiary/aromatic N) is 3. The van der Waals surface area contributed by atoms with Gasteiger partial charge in [0.15, 0.2) is 0 Å². The first-order valence-electron chi connectivity index (χ1n) is 11.3. The lowest BCUT2D eigenvalue weighted by molar-refractivity contribution is -0.140. The molecule has 166 valence electrons. The Bertz CT molecular complexity index is 901. The van der Waals surface area contributed by atoms with Crippen LogP contribution in [0.25, 0.3) is 0 Å². The lowest BCUT2D eigenvalue weighted by atomic mass is 9.84. The average molecular weight is 423 g/mol. The molecule has 2 aliphatic rings. The number of benzene rings is 1. The minimum Gasteiger partial charge on any atom is -0.497 e. The van der Waals surface area contributed by atoms with Gasteiger partial charge >= 0.3 is 0 Å². The molecule has 31 heavy (non-hydrogen) atoms. The number of aromatic nitrogens is 1. The third-order valence-corrected chi connectivity index (χ3v) is 7.10. The van der Waals surface area contributed by atoms with E-state index in [0.29, 0.717) is 19.0 Å². The third-order valence-electron chi connectivity index (χ3n) is 7.10. The normalized spacial score (nSPS) is 24.4. The van der Waals surface area contributed by atoms with Crippen LogP contribution in [0.4, 0.5) is 5.82 Å². The molecule has 3 heterocycles. The molecule has 4 rings (SSSR count). The fourth-order valence-electron chi connectivity index (χ4n) is 5.31. The summed E-state index contributed by atoms with van der Waals surface area (Å²) in [6, 6.07) is 12.6. The number of fused-ring (bicyclic) bond motifs is 1. The van der Waals surface area contributed by atoms with Gasteiger partial charge in [0.2, 0.25) is 5.91 Å². The molecule has 0 bridgehead atoms. The summed E-state index contributed by atoms with van der Waals surface area (Å²) in [7, 11) is 3.60. The lowest BCUT2D eigenvalue weighted by Crippen LogP contribution is -2.57. The SMILES string of the molecule is CNc1ncccc1CN1CC[C@]2(C)[C@H]1CCCCC(=O)N2Cc1ccc(OC)cc1. The van der Waals surface area contributed by atoms with Crippen LogP contribution in [-0.4, -0.2) is 53.0 Å². The number of anilines is 1. The van der Waals surface area contributed by atoms with E-state index < -0.39 is 0 Å². The molecular weight excluding hydrogens is 388 g/mol. The Labute approximate surface area is 185 Å². The van der Waals surface area contributed by atoms with Crippen molar-refractivity contribution in [3.05, 3.63) is 53.7 Å². The number of amides is 1. The maximum atomic E-state index is 13.3. The second kappa shape index (κ2) is 9.27. The van der Waals surface area contributed by atoms with Crippen LogP contribution in [0, 0.1) is 0 Å². The largest absolute Gasteiger partial charge is 0.497 e. The molecule has 2 aliphatic heterocycles. The molecule has 0 spiro atoms. The van der Waals surface area contributed by atoms with Gasteiger partial charge in [-0.1, -0.05) is 24.6 Å². The molecule has 2 saturated heterocycles. The molecular formula is C25H34N4O2. The van der Waals surface area contributed by atoms with Crippen molar-refractivity contribution >= 4 is 11.7 Å². The van der Waals surface area contributed by atoms with Gasteiger partial charge in [0.25, 0.3) is 0 Å². The minimum absolute atomic E-state index is 0.167. The first-order chi connectivity index (χ1) is 15.0. The summed E-state index contributed by atoms with van der Waals surface area (Å²) >= 11 is 0. The molecule has 2 atom stereocenters. The van der Waals surface area contributed by atoms with E-state index >= 15 is 0 Å². The number of rotatable bonds is 6. The fraction of sp³-hybridized carbons (Fsp3) is 0.520. The van der Waals surface area contributed by atoms with Crippen LogP contribution in [0.5, 0.6) is 5.75 Å². The Morgan fingerprint density at radius 3 is 2.74 bits per heavy atom. The highest BCUT2D eigenvalue weighted by Crippen LogP contribution is 2.41. The Morgan fingerprint density at radius 1 is 1.19 bits per heavy atom. The molecule has 0 aliphatic carbocycles. The minimum atomic E-state index is -0.167. The molecule has 1 aromatic heterocycles. The van der Waals surface area contributed by atoms with Crippen LogP contribution in [0.15, 0.2) is 42.6 Å². The van der Waals surface area contributed by atoms with Crippen LogP contribution >= 0.6 is 0 Å². The van der Waals surface area contributed by atoms with Crippen LogP contribution in [-0.2, 0) is 17.9 Å². The van der Waals surface area contributed by atoms with E-state index in [-0.39, 0.29) is 11.4 Å². The van der Waals surface area contributed by atoms with E-state index in [2.05, 4.69) is 45.2 Å². The van der Waals surface area contributed by atoms with Crippen molar-refractivity contribution < 1.29 is 9.53 Å². The topological polar surface area (TPSA) is 57.7 Å². The second-order valence-electron chi connectivity index (χ2n) is 8.93. The molecule has 1 N–H and O–H groups in total. The maximum absolute atomic E-state index is 13.3. The van der Waals surface area contributed by atoms with Gasteiger partial charge in [-0.3, -0.25) is 9.69 Å². The summed E-state index contributed by atoms with van der Waals surface area (Å²) in [4.78, 5) is 22.5. The van der Waals surface area contributed by atoms with Crippen molar-refractivity contribution in [3.8, 4) is 5.75 Å². The van der Waals surface area contributed by atoms with Gasteiger partial charge in [-0.25, -0.2) is 4.98 Å². The maximum Gasteiger partial charge on any atom is 0.223 e.